The summed E-state index contributed by atoms with van der Waals surface area (Å²) in [6.45, 7) is 0.940. The fraction of sp³-hybridized carbons (Fsp3) is 0.538. The van der Waals surface area contributed by atoms with Crippen molar-refractivity contribution in [1.29, 1.82) is 0 Å². The van der Waals surface area contributed by atoms with Crippen molar-refractivity contribution in [3.63, 3.8) is 0 Å². The second kappa shape index (κ2) is 7.00. The average Bonchev–Trinajstić information content (AvgIpc) is 2.62. The van der Waals surface area contributed by atoms with Crippen LogP contribution in [0.5, 0.6) is 0 Å². The lowest BCUT2D eigenvalue weighted by molar-refractivity contribution is -0.0908. The van der Waals surface area contributed by atoms with Gasteiger partial charge in [-0.25, -0.2) is 13.1 Å². The molecule has 2 rings (SSSR count). The first-order valence-electron chi connectivity index (χ1n) is 6.65. The highest BCUT2D eigenvalue weighted by atomic mass is 35.5. The Bertz CT molecular complexity index is 641. The summed E-state index contributed by atoms with van der Waals surface area (Å²) in [7, 11) is -3.43. The Kier molecular flexibility index (Phi) is 5.71. The summed E-state index contributed by atoms with van der Waals surface area (Å²) in [5.41, 5.74) is -0.813. The standard InChI is InChI=1S/C13H18Cl2N2O4S/c1-22(19,20)17-8-13(18)7-16-4-5-21-12(13)9-2-3-10(14)11(15)6-9/h2-3,6,12,16-18H,4-5,7-8H2,1H3/t12?,13-/m0/s1. The molecule has 0 radical (unpaired) electrons. The lowest BCUT2D eigenvalue weighted by atomic mass is 9.91. The maximum absolute atomic E-state index is 11.3. The zero-order valence-corrected chi connectivity index (χ0v) is 14.3. The number of β-amino-alcohol motifs (C(OH)–C–C–N with tert-alkyl or cyclic N) is 1. The molecular weight excluding hydrogens is 351 g/mol. The van der Waals surface area contributed by atoms with E-state index in [1.807, 2.05) is 0 Å². The first kappa shape index (κ1) is 17.9. The molecule has 3 N–H and O–H groups in total. The molecule has 1 fully saturated rings. The highest BCUT2D eigenvalue weighted by Crippen LogP contribution is 2.34. The molecular formula is C13H18Cl2N2O4S. The topological polar surface area (TPSA) is 87.7 Å². The number of halogens is 2. The van der Waals surface area contributed by atoms with E-state index in [4.69, 9.17) is 27.9 Å². The molecule has 1 saturated heterocycles. The number of hydrogen-bond donors (Lipinski definition) is 3. The molecule has 0 aliphatic carbocycles. The Morgan fingerprint density at radius 2 is 2.18 bits per heavy atom. The molecule has 9 heteroatoms. The monoisotopic (exact) mass is 368 g/mol. The van der Waals surface area contributed by atoms with E-state index in [1.165, 1.54) is 0 Å². The van der Waals surface area contributed by atoms with Crippen LogP contribution in [-0.4, -0.2) is 51.6 Å². The summed E-state index contributed by atoms with van der Waals surface area (Å²) in [5, 5.41) is 14.7. The highest BCUT2D eigenvalue weighted by Gasteiger charge is 2.40. The fourth-order valence-electron chi connectivity index (χ4n) is 2.29. The van der Waals surface area contributed by atoms with Gasteiger partial charge < -0.3 is 15.2 Å². The van der Waals surface area contributed by atoms with Gasteiger partial charge in [0.2, 0.25) is 10.0 Å². The molecule has 1 aromatic rings. The van der Waals surface area contributed by atoms with Gasteiger partial charge >= 0.3 is 0 Å². The van der Waals surface area contributed by atoms with Crippen molar-refractivity contribution in [3.8, 4) is 0 Å². The van der Waals surface area contributed by atoms with Gasteiger partial charge in [0.05, 0.1) is 22.9 Å². The van der Waals surface area contributed by atoms with Gasteiger partial charge in [-0.05, 0) is 17.7 Å². The van der Waals surface area contributed by atoms with Crippen LogP contribution in [0.25, 0.3) is 0 Å². The van der Waals surface area contributed by atoms with Crippen molar-refractivity contribution in [2.75, 3.05) is 32.5 Å². The normalized spacial score (nSPS) is 26.6. The van der Waals surface area contributed by atoms with Crippen molar-refractivity contribution in [2.24, 2.45) is 0 Å². The van der Waals surface area contributed by atoms with Gasteiger partial charge in [0.15, 0.2) is 0 Å². The smallest absolute Gasteiger partial charge is 0.208 e. The third-order valence-electron chi connectivity index (χ3n) is 3.37. The van der Waals surface area contributed by atoms with Crippen LogP contribution in [-0.2, 0) is 14.8 Å². The molecule has 0 amide bonds. The lowest BCUT2D eigenvalue weighted by Crippen LogP contribution is -2.52. The van der Waals surface area contributed by atoms with Crippen LogP contribution in [0.2, 0.25) is 10.0 Å². The molecule has 1 aliphatic heterocycles. The van der Waals surface area contributed by atoms with Gasteiger partial charge in [-0.15, -0.1) is 0 Å². The Morgan fingerprint density at radius 1 is 1.45 bits per heavy atom. The summed E-state index contributed by atoms with van der Waals surface area (Å²) in [5.74, 6) is 0. The fourth-order valence-corrected chi connectivity index (χ4v) is 3.11. The highest BCUT2D eigenvalue weighted by molar-refractivity contribution is 7.88. The SMILES string of the molecule is CS(=O)(=O)NC[C@@]1(O)CNCCOC1c1ccc(Cl)c(Cl)c1. The van der Waals surface area contributed by atoms with Crippen molar-refractivity contribution in [2.45, 2.75) is 11.7 Å². The van der Waals surface area contributed by atoms with Crippen molar-refractivity contribution >= 4 is 33.2 Å². The van der Waals surface area contributed by atoms with E-state index in [1.54, 1.807) is 18.2 Å². The molecule has 1 aliphatic rings. The van der Waals surface area contributed by atoms with Gasteiger partial charge in [-0.3, -0.25) is 0 Å². The third-order valence-corrected chi connectivity index (χ3v) is 4.78. The van der Waals surface area contributed by atoms with Crippen LogP contribution in [0.4, 0.5) is 0 Å². The third kappa shape index (κ3) is 4.55. The zero-order valence-electron chi connectivity index (χ0n) is 12.0. The van der Waals surface area contributed by atoms with Crippen molar-refractivity contribution < 1.29 is 18.3 Å². The van der Waals surface area contributed by atoms with Crippen LogP contribution in [0.1, 0.15) is 11.7 Å². The number of nitrogens with one attached hydrogen (secondary N) is 2. The van der Waals surface area contributed by atoms with Crippen molar-refractivity contribution in [3.05, 3.63) is 33.8 Å². The summed E-state index contributed by atoms with van der Waals surface area (Å²) in [4.78, 5) is 0. The molecule has 1 unspecified atom stereocenters. The second-order valence-corrected chi connectivity index (χ2v) is 7.95. The average molecular weight is 369 g/mol. The van der Waals surface area contributed by atoms with Crippen LogP contribution >= 0.6 is 23.2 Å². The predicted molar refractivity (Wildman–Crippen MR) is 85.8 cm³/mol. The number of hydrogen-bond acceptors (Lipinski definition) is 5. The number of aliphatic hydroxyl groups is 1. The maximum atomic E-state index is 11.3. The van der Waals surface area contributed by atoms with E-state index in [2.05, 4.69) is 10.0 Å². The molecule has 1 heterocycles. The molecule has 0 saturated carbocycles. The Hall–Kier alpha value is -0.410. The van der Waals surface area contributed by atoms with Crippen LogP contribution in [0.15, 0.2) is 18.2 Å². The number of sulfonamides is 1. The van der Waals surface area contributed by atoms with E-state index < -0.39 is 21.7 Å². The maximum Gasteiger partial charge on any atom is 0.208 e. The molecule has 1 aromatic carbocycles. The first-order chi connectivity index (χ1) is 10.2. The van der Waals surface area contributed by atoms with Crippen LogP contribution in [0.3, 0.4) is 0 Å². The Morgan fingerprint density at radius 3 is 2.82 bits per heavy atom. The van der Waals surface area contributed by atoms with Crippen molar-refractivity contribution in [1.82, 2.24) is 10.0 Å². The molecule has 124 valence electrons. The summed E-state index contributed by atoms with van der Waals surface area (Å²) >= 11 is 11.9. The Labute approximate surface area is 139 Å². The Balaban J connectivity index is 2.32. The lowest BCUT2D eigenvalue weighted by Gasteiger charge is -2.34. The largest absolute Gasteiger partial charge is 0.384 e. The summed E-state index contributed by atoms with van der Waals surface area (Å²) < 4.78 is 30.7. The van der Waals surface area contributed by atoms with Gasteiger partial charge in [-0.2, -0.15) is 0 Å². The van der Waals surface area contributed by atoms with E-state index >= 15 is 0 Å². The van der Waals surface area contributed by atoms with E-state index in [9.17, 15) is 13.5 Å². The summed E-state index contributed by atoms with van der Waals surface area (Å²) in [6, 6.07) is 4.94. The van der Waals surface area contributed by atoms with Crippen LogP contribution < -0.4 is 10.0 Å². The predicted octanol–water partition coefficient (Wildman–Crippen LogP) is 0.935. The van der Waals surface area contributed by atoms with Gasteiger partial charge in [0.25, 0.3) is 0 Å². The van der Waals surface area contributed by atoms with E-state index in [0.29, 0.717) is 28.8 Å². The number of ether oxygens (including phenoxy) is 1. The number of rotatable bonds is 4. The molecule has 22 heavy (non-hydrogen) atoms. The second-order valence-electron chi connectivity index (χ2n) is 5.30. The minimum absolute atomic E-state index is 0.177. The molecule has 2 atom stereocenters. The zero-order chi connectivity index (χ0) is 16.4. The molecule has 6 nitrogen and oxygen atoms in total. The molecule has 0 aromatic heterocycles. The van der Waals surface area contributed by atoms with Crippen LogP contribution in [0, 0.1) is 0 Å². The minimum atomic E-state index is -3.43. The van der Waals surface area contributed by atoms with Gasteiger partial charge in [0, 0.05) is 19.6 Å². The van der Waals surface area contributed by atoms with E-state index in [0.717, 1.165) is 6.26 Å². The van der Waals surface area contributed by atoms with E-state index in [-0.39, 0.29) is 13.1 Å². The first-order valence-corrected chi connectivity index (χ1v) is 9.30. The quantitative estimate of drug-likeness (QED) is 0.735. The minimum Gasteiger partial charge on any atom is -0.384 e. The summed E-state index contributed by atoms with van der Waals surface area (Å²) in [6.07, 6.45) is 0.307. The number of benzene rings is 1. The molecule has 0 spiro atoms. The molecule has 0 bridgehead atoms. The van der Waals surface area contributed by atoms with Gasteiger partial charge in [-0.1, -0.05) is 29.3 Å². The van der Waals surface area contributed by atoms with Gasteiger partial charge in [0.1, 0.15) is 11.7 Å².